The van der Waals surface area contributed by atoms with E-state index in [2.05, 4.69) is 0 Å². The van der Waals surface area contributed by atoms with Crippen LogP contribution in [0.5, 0.6) is 0 Å². The lowest BCUT2D eigenvalue weighted by atomic mass is 9.80. The summed E-state index contributed by atoms with van der Waals surface area (Å²) in [7, 11) is 0. The van der Waals surface area contributed by atoms with Gasteiger partial charge in [-0.15, -0.1) is 11.8 Å². The Balaban J connectivity index is 2.50. The fraction of sp³-hybridized carbons (Fsp3) is 0.875. The van der Waals surface area contributed by atoms with Gasteiger partial charge in [-0.05, 0) is 20.1 Å². The second kappa shape index (κ2) is 3.26. The Bertz CT molecular complexity index is 193. The smallest absolute Gasteiger partial charge is 0.251 e. The average molecular weight is 189 g/mol. The lowest BCUT2D eigenvalue weighted by molar-refractivity contribution is -0.256. The van der Waals surface area contributed by atoms with Gasteiger partial charge < -0.3 is 0 Å². The molecule has 0 aromatic rings. The van der Waals surface area contributed by atoms with Crippen molar-refractivity contribution in [2.24, 2.45) is 5.92 Å². The quantitative estimate of drug-likeness (QED) is 0.497. The van der Waals surface area contributed by atoms with Crippen LogP contribution in [0.3, 0.4) is 0 Å². The van der Waals surface area contributed by atoms with E-state index in [1.165, 1.54) is 5.06 Å². The number of thioether (sulfide) groups is 1. The fourth-order valence-electron chi connectivity index (χ4n) is 1.21. The van der Waals surface area contributed by atoms with Crippen molar-refractivity contribution in [2.45, 2.75) is 26.3 Å². The number of hydrogen-bond acceptors (Lipinski definition) is 3. The summed E-state index contributed by atoms with van der Waals surface area (Å²) < 4.78 is 0. The molecule has 1 rings (SSSR count). The topological polar surface area (TPSA) is 29.5 Å². The number of carbonyl (C=O) groups is 1. The van der Waals surface area contributed by atoms with Crippen LogP contribution >= 0.6 is 11.8 Å². The molecule has 0 N–H and O–H groups in total. The van der Waals surface area contributed by atoms with E-state index >= 15 is 0 Å². The number of hydroxylamine groups is 2. The third kappa shape index (κ3) is 1.33. The van der Waals surface area contributed by atoms with E-state index < -0.39 is 0 Å². The van der Waals surface area contributed by atoms with Crippen LogP contribution in [-0.2, 0) is 9.63 Å². The molecular formula is C8H15NO2S. The van der Waals surface area contributed by atoms with Gasteiger partial charge in [0, 0.05) is 0 Å². The van der Waals surface area contributed by atoms with Gasteiger partial charge in [0.2, 0.25) is 0 Å². The SMILES string of the molecule is CSCON1C(=O)[C@@H](C)C1(C)C. The van der Waals surface area contributed by atoms with Crippen LogP contribution in [0.4, 0.5) is 0 Å². The molecule has 0 radical (unpaired) electrons. The molecule has 0 aliphatic carbocycles. The second-order valence-electron chi connectivity index (χ2n) is 3.54. The predicted molar refractivity (Wildman–Crippen MR) is 49.6 cm³/mol. The molecule has 70 valence electrons. The first-order valence-corrected chi connectivity index (χ1v) is 5.37. The summed E-state index contributed by atoms with van der Waals surface area (Å²) >= 11 is 1.57. The maximum atomic E-state index is 11.3. The van der Waals surface area contributed by atoms with E-state index in [4.69, 9.17) is 4.84 Å². The fourth-order valence-corrected chi connectivity index (χ4v) is 1.42. The molecule has 0 unspecified atom stereocenters. The van der Waals surface area contributed by atoms with Crippen molar-refractivity contribution in [1.82, 2.24) is 5.06 Å². The Hall–Kier alpha value is -0.220. The van der Waals surface area contributed by atoms with E-state index in [0.29, 0.717) is 5.94 Å². The Kier molecular flexibility index (Phi) is 2.68. The number of carbonyl (C=O) groups excluding carboxylic acids is 1. The van der Waals surface area contributed by atoms with Crippen LogP contribution in [0, 0.1) is 5.92 Å². The first-order chi connectivity index (χ1) is 5.51. The molecule has 0 spiro atoms. The van der Waals surface area contributed by atoms with Gasteiger partial charge in [0.1, 0.15) is 5.94 Å². The zero-order valence-electron chi connectivity index (χ0n) is 7.96. The number of amides is 1. The minimum absolute atomic E-state index is 0.0827. The summed E-state index contributed by atoms with van der Waals surface area (Å²) in [6.07, 6.45) is 1.95. The Morgan fingerprint density at radius 2 is 2.25 bits per heavy atom. The number of nitrogens with zero attached hydrogens (tertiary/aromatic N) is 1. The summed E-state index contributed by atoms with van der Waals surface area (Å²) in [5.41, 5.74) is -0.132. The summed E-state index contributed by atoms with van der Waals surface area (Å²) in [5, 5.41) is 1.48. The molecule has 1 heterocycles. The number of β-lactam (4-membered cyclic amide) rings is 1. The van der Waals surface area contributed by atoms with E-state index in [0.717, 1.165) is 0 Å². The van der Waals surface area contributed by atoms with Crippen molar-refractivity contribution in [3.63, 3.8) is 0 Å². The van der Waals surface area contributed by atoms with Gasteiger partial charge in [0.05, 0.1) is 11.5 Å². The van der Waals surface area contributed by atoms with Gasteiger partial charge in [0.15, 0.2) is 0 Å². The Labute approximate surface area is 77.4 Å². The molecule has 1 saturated heterocycles. The number of rotatable bonds is 3. The normalized spacial score (nSPS) is 27.2. The van der Waals surface area contributed by atoms with Crippen LogP contribution in [0.25, 0.3) is 0 Å². The van der Waals surface area contributed by atoms with Crippen molar-refractivity contribution >= 4 is 17.7 Å². The average Bonchev–Trinajstić information content (AvgIpc) is 2.03. The van der Waals surface area contributed by atoms with Crippen LogP contribution < -0.4 is 0 Å². The zero-order chi connectivity index (χ0) is 9.35. The van der Waals surface area contributed by atoms with Crippen LogP contribution in [0.1, 0.15) is 20.8 Å². The molecule has 0 aromatic carbocycles. The molecule has 3 nitrogen and oxygen atoms in total. The molecule has 1 fully saturated rings. The van der Waals surface area contributed by atoms with Gasteiger partial charge in [0.25, 0.3) is 5.91 Å². The molecule has 1 aliphatic heterocycles. The highest BCUT2D eigenvalue weighted by molar-refractivity contribution is 7.98. The van der Waals surface area contributed by atoms with Gasteiger partial charge in [-0.25, -0.2) is 5.06 Å². The van der Waals surface area contributed by atoms with Crippen molar-refractivity contribution in [3.05, 3.63) is 0 Å². The first-order valence-electron chi connectivity index (χ1n) is 3.97. The van der Waals surface area contributed by atoms with E-state index in [-0.39, 0.29) is 17.4 Å². The number of hydrogen-bond donors (Lipinski definition) is 0. The lowest BCUT2D eigenvalue weighted by Gasteiger charge is -2.50. The van der Waals surface area contributed by atoms with Gasteiger partial charge in [-0.3, -0.25) is 9.63 Å². The molecule has 1 amide bonds. The first kappa shape index (κ1) is 9.86. The van der Waals surface area contributed by atoms with Crippen molar-refractivity contribution in [2.75, 3.05) is 12.2 Å². The van der Waals surface area contributed by atoms with Crippen LogP contribution in [0.2, 0.25) is 0 Å². The van der Waals surface area contributed by atoms with Crippen molar-refractivity contribution in [1.29, 1.82) is 0 Å². The largest absolute Gasteiger partial charge is 0.272 e. The minimum Gasteiger partial charge on any atom is -0.272 e. The molecule has 12 heavy (non-hydrogen) atoms. The maximum Gasteiger partial charge on any atom is 0.251 e. The summed E-state index contributed by atoms with van der Waals surface area (Å²) in [6.45, 7) is 5.96. The zero-order valence-corrected chi connectivity index (χ0v) is 8.77. The van der Waals surface area contributed by atoms with E-state index in [1.807, 2.05) is 27.0 Å². The summed E-state index contributed by atoms with van der Waals surface area (Å²) in [6, 6.07) is 0. The molecule has 0 aromatic heterocycles. The Morgan fingerprint density at radius 3 is 2.67 bits per heavy atom. The van der Waals surface area contributed by atoms with Crippen LogP contribution in [-0.4, -0.2) is 28.7 Å². The van der Waals surface area contributed by atoms with E-state index in [1.54, 1.807) is 11.8 Å². The monoisotopic (exact) mass is 189 g/mol. The minimum atomic E-state index is -0.132. The maximum absolute atomic E-state index is 11.3. The van der Waals surface area contributed by atoms with Gasteiger partial charge in [-0.1, -0.05) is 6.92 Å². The standard InChI is InChI=1S/C8H15NO2S/c1-6-7(10)9(8(6,2)3)11-5-12-4/h6H,5H2,1-4H3/t6-/m1/s1. The predicted octanol–water partition coefficient (Wildman–Crippen LogP) is 1.50. The molecule has 0 bridgehead atoms. The second-order valence-corrected chi connectivity index (χ2v) is 4.36. The lowest BCUT2D eigenvalue weighted by Crippen LogP contribution is -2.66. The molecule has 1 aliphatic rings. The molecular weight excluding hydrogens is 174 g/mol. The van der Waals surface area contributed by atoms with Crippen LogP contribution in [0.15, 0.2) is 0 Å². The third-order valence-corrected chi connectivity index (χ3v) is 2.79. The molecule has 0 saturated carbocycles. The summed E-state index contributed by atoms with van der Waals surface area (Å²) in [5.74, 6) is 0.718. The highest BCUT2D eigenvalue weighted by Crippen LogP contribution is 2.37. The van der Waals surface area contributed by atoms with Gasteiger partial charge in [-0.2, -0.15) is 0 Å². The van der Waals surface area contributed by atoms with Crippen molar-refractivity contribution in [3.8, 4) is 0 Å². The highest BCUT2D eigenvalue weighted by Gasteiger charge is 2.52. The third-order valence-electron chi connectivity index (χ3n) is 2.45. The summed E-state index contributed by atoms with van der Waals surface area (Å²) in [4.78, 5) is 16.5. The van der Waals surface area contributed by atoms with Gasteiger partial charge >= 0.3 is 0 Å². The van der Waals surface area contributed by atoms with Crippen molar-refractivity contribution < 1.29 is 9.63 Å². The molecule has 1 atom stereocenters. The van der Waals surface area contributed by atoms with E-state index in [9.17, 15) is 4.79 Å². The molecule has 4 heteroatoms. The highest BCUT2D eigenvalue weighted by atomic mass is 32.2. The Morgan fingerprint density at radius 1 is 1.67 bits per heavy atom.